The number of carbonyl (C=O) groups excluding carboxylic acids is 2. The van der Waals surface area contributed by atoms with Gasteiger partial charge in [-0.05, 0) is 103 Å². The van der Waals surface area contributed by atoms with Crippen LogP contribution in [0.15, 0.2) is 41.1 Å². The summed E-state index contributed by atoms with van der Waals surface area (Å²) in [6.45, 7) is 8.11. The molecule has 1 aliphatic heterocycles. The van der Waals surface area contributed by atoms with Crippen molar-refractivity contribution in [3.63, 3.8) is 0 Å². The molecule has 0 spiro atoms. The summed E-state index contributed by atoms with van der Waals surface area (Å²) in [4.78, 5) is 47.2. The van der Waals surface area contributed by atoms with E-state index in [1.165, 1.54) is 0 Å². The molecule has 2 amide bonds. The van der Waals surface area contributed by atoms with Crippen molar-refractivity contribution in [3.05, 3.63) is 54.0 Å². The van der Waals surface area contributed by atoms with Gasteiger partial charge in [0, 0.05) is 60.9 Å². The topological polar surface area (TPSA) is 114 Å². The maximum atomic E-state index is 14.4. The minimum atomic E-state index is -0.236. The van der Waals surface area contributed by atoms with Crippen molar-refractivity contribution in [3.8, 4) is 17.0 Å². The Bertz CT molecular complexity index is 1580. The van der Waals surface area contributed by atoms with Crippen LogP contribution >= 0.6 is 0 Å². The third-order valence-corrected chi connectivity index (χ3v) is 10.7. The number of nitrogens with zero attached hydrogens (tertiary/aromatic N) is 6. The Morgan fingerprint density at radius 3 is 2.37 bits per heavy atom. The van der Waals surface area contributed by atoms with Gasteiger partial charge in [-0.2, -0.15) is 0 Å². The lowest BCUT2D eigenvalue weighted by atomic mass is 9.79. The molecule has 0 N–H and O–H groups in total. The monoisotopic (exact) mass is 672 g/mol. The SMILES string of the molecule is COc1ccc(C2CCC(CN(C(=O)C3CCC(OC(=O)N4CC(N(C)C)C4)CC3)c3cc(-c4coc(C(C)C)n4)ccn3)CC2)nc1C. The second-order valence-corrected chi connectivity index (χ2v) is 14.7. The molecule has 0 aromatic carbocycles. The van der Waals surface area contributed by atoms with E-state index in [2.05, 4.69) is 24.8 Å². The highest BCUT2D eigenvalue weighted by Gasteiger charge is 2.37. The lowest BCUT2D eigenvalue weighted by Gasteiger charge is -2.42. The van der Waals surface area contributed by atoms with Gasteiger partial charge in [0.2, 0.25) is 5.91 Å². The number of hydrogen-bond acceptors (Lipinski definition) is 9. The van der Waals surface area contributed by atoms with Crippen molar-refractivity contribution in [2.24, 2.45) is 11.8 Å². The van der Waals surface area contributed by atoms with Crippen molar-refractivity contribution >= 4 is 17.8 Å². The van der Waals surface area contributed by atoms with Crippen LogP contribution in [0, 0.1) is 18.8 Å². The second-order valence-electron chi connectivity index (χ2n) is 14.7. The Balaban J connectivity index is 1.13. The zero-order chi connectivity index (χ0) is 34.7. The van der Waals surface area contributed by atoms with Crippen molar-refractivity contribution in [2.75, 3.05) is 45.7 Å². The number of hydrogen-bond donors (Lipinski definition) is 0. The molecule has 0 bridgehead atoms. The number of aromatic nitrogens is 3. The van der Waals surface area contributed by atoms with Crippen LogP contribution in [0.5, 0.6) is 5.75 Å². The van der Waals surface area contributed by atoms with Gasteiger partial charge in [0.1, 0.15) is 29.6 Å². The third kappa shape index (κ3) is 8.09. The molecule has 2 saturated carbocycles. The molecule has 3 aromatic rings. The highest BCUT2D eigenvalue weighted by atomic mass is 16.6. The third-order valence-electron chi connectivity index (χ3n) is 10.7. The Morgan fingerprint density at radius 1 is 1.00 bits per heavy atom. The molecule has 0 atom stereocenters. The standard InChI is InChI=1S/C38H52N6O5/c1-24(2)36-41-33(23-48-36)29-17-18-39-35(19-29)44(20-26-7-9-27(10-8-26)32-15-16-34(47-6)25(3)40-32)37(45)28-11-13-31(14-12-28)49-38(46)43-21-30(22-43)42(4)5/h15-19,23-24,26-28,30-31H,7-14,20-22H2,1-6H3. The number of carbonyl (C=O) groups is 2. The highest BCUT2D eigenvalue weighted by Crippen LogP contribution is 2.38. The average Bonchev–Trinajstić information content (AvgIpc) is 3.58. The van der Waals surface area contributed by atoms with Gasteiger partial charge in [0.25, 0.3) is 0 Å². The summed E-state index contributed by atoms with van der Waals surface area (Å²) in [5.74, 6) is 3.02. The summed E-state index contributed by atoms with van der Waals surface area (Å²) in [5.41, 5.74) is 3.65. The molecule has 0 unspecified atom stereocenters. The summed E-state index contributed by atoms with van der Waals surface area (Å²) < 4.78 is 17.0. The molecule has 11 heteroatoms. The number of pyridine rings is 2. The smallest absolute Gasteiger partial charge is 0.410 e. The van der Waals surface area contributed by atoms with Gasteiger partial charge in [-0.3, -0.25) is 14.7 Å². The van der Waals surface area contributed by atoms with Crippen LogP contribution in [-0.2, 0) is 9.53 Å². The molecular formula is C38H52N6O5. The van der Waals surface area contributed by atoms with E-state index in [0.717, 1.165) is 54.1 Å². The molecule has 3 aromatic heterocycles. The van der Waals surface area contributed by atoms with Crippen molar-refractivity contribution in [1.82, 2.24) is 24.8 Å². The molecule has 11 nitrogen and oxygen atoms in total. The Kier molecular flexibility index (Phi) is 10.9. The molecule has 1 saturated heterocycles. The molecule has 3 aliphatic rings. The molecule has 4 heterocycles. The van der Waals surface area contributed by atoms with Gasteiger partial charge in [0.05, 0.1) is 12.8 Å². The quantitative estimate of drug-likeness (QED) is 0.229. The van der Waals surface area contributed by atoms with Gasteiger partial charge in [-0.25, -0.2) is 14.8 Å². The number of aryl methyl sites for hydroxylation is 1. The maximum absolute atomic E-state index is 14.4. The molecule has 3 fully saturated rings. The molecule has 49 heavy (non-hydrogen) atoms. The van der Waals surface area contributed by atoms with E-state index in [1.54, 1.807) is 24.5 Å². The van der Waals surface area contributed by atoms with Crippen LogP contribution < -0.4 is 9.64 Å². The molecule has 2 aliphatic carbocycles. The van der Waals surface area contributed by atoms with Gasteiger partial charge in [0.15, 0.2) is 5.89 Å². The first-order chi connectivity index (χ1) is 23.6. The van der Waals surface area contributed by atoms with E-state index in [1.807, 2.05) is 44.1 Å². The lowest BCUT2D eigenvalue weighted by molar-refractivity contribution is -0.124. The number of methoxy groups -OCH3 is 1. The van der Waals surface area contributed by atoms with Crippen LogP contribution in [-0.4, -0.2) is 89.7 Å². The first kappa shape index (κ1) is 34.9. The first-order valence-corrected chi connectivity index (χ1v) is 18.0. The molecule has 6 rings (SSSR count). The molecular weight excluding hydrogens is 620 g/mol. The number of amides is 2. The molecule has 0 radical (unpaired) electrons. The van der Waals surface area contributed by atoms with E-state index in [-0.39, 0.29) is 29.9 Å². The van der Waals surface area contributed by atoms with Gasteiger partial charge in [-0.15, -0.1) is 0 Å². The van der Waals surface area contributed by atoms with E-state index in [4.69, 9.17) is 28.8 Å². The number of anilines is 1. The van der Waals surface area contributed by atoms with E-state index >= 15 is 0 Å². The van der Waals surface area contributed by atoms with Gasteiger partial charge in [-0.1, -0.05) is 13.8 Å². The van der Waals surface area contributed by atoms with Crippen LogP contribution in [0.1, 0.15) is 94.3 Å². The van der Waals surface area contributed by atoms with Crippen LogP contribution in [0.3, 0.4) is 0 Å². The van der Waals surface area contributed by atoms with Crippen LogP contribution in [0.2, 0.25) is 0 Å². The summed E-state index contributed by atoms with van der Waals surface area (Å²) in [6, 6.07) is 8.38. The predicted molar refractivity (Wildman–Crippen MR) is 188 cm³/mol. The van der Waals surface area contributed by atoms with Gasteiger partial charge >= 0.3 is 6.09 Å². The fraction of sp³-hybridized carbons (Fsp3) is 0.605. The fourth-order valence-corrected chi connectivity index (χ4v) is 7.41. The minimum Gasteiger partial charge on any atom is -0.495 e. The zero-order valence-corrected chi connectivity index (χ0v) is 29.9. The van der Waals surface area contributed by atoms with Crippen LogP contribution in [0.25, 0.3) is 11.3 Å². The maximum Gasteiger partial charge on any atom is 0.410 e. The Labute approximate surface area is 290 Å². The largest absolute Gasteiger partial charge is 0.495 e. The Hall–Kier alpha value is -3.99. The lowest BCUT2D eigenvalue weighted by Crippen LogP contribution is -2.59. The zero-order valence-electron chi connectivity index (χ0n) is 29.9. The molecule has 264 valence electrons. The highest BCUT2D eigenvalue weighted by molar-refractivity contribution is 5.94. The number of oxazole rings is 1. The Morgan fingerprint density at radius 2 is 1.73 bits per heavy atom. The number of likely N-dealkylation sites (tertiary alicyclic amines) is 1. The fourth-order valence-electron chi connectivity index (χ4n) is 7.41. The summed E-state index contributed by atoms with van der Waals surface area (Å²) >= 11 is 0. The normalized spacial score (nSPS) is 23.0. The van der Waals surface area contributed by atoms with Crippen molar-refractivity contribution in [1.29, 1.82) is 0 Å². The summed E-state index contributed by atoms with van der Waals surface area (Å²) in [5, 5.41) is 0. The van der Waals surface area contributed by atoms with Crippen LogP contribution in [0.4, 0.5) is 10.6 Å². The number of ether oxygens (including phenoxy) is 2. The van der Waals surface area contributed by atoms with E-state index in [9.17, 15) is 9.59 Å². The predicted octanol–water partition coefficient (Wildman–Crippen LogP) is 6.82. The van der Waals surface area contributed by atoms with E-state index < -0.39 is 0 Å². The van der Waals surface area contributed by atoms with Crippen molar-refractivity contribution < 1.29 is 23.5 Å². The van der Waals surface area contributed by atoms with Gasteiger partial charge < -0.3 is 23.7 Å². The summed E-state index contributed by atoms with van der Waals surface area (Å²) in [6.07, 6.45) is 9.86. The number of likely N-dealkylation sites (N-methyl/N-ethyl adjacent to an activating group) is 1. The van der Waals surface area contributed by atoms with Crippen molar-refractivity contribution in [2.45, 2.75) is 96.1 Å². The van der Waals surface area contributed by atoms with E-state index in [0.29, 0.717) is 74.9 Å². The first-order valence-electron chi connectivity index (χ1n) is 18.0. The second kappa shape index (κ2) is 15.3. The number of rotatable bonds is 10. The minimum absolute atomic E-state index is 0.101. The average molecular weight is 673 g/mol. The summed E-state index contributed by atoms with van der Waals surface area (Å²) in [7, 11) is 5.74.